The van der Waals surface area contributed by atoms with Crippen molar-refractivity contribution >= 4 is 0 Å². The molecule has 1 N–H and O–H groups in total. The quantitative estimate of drug-likeness (QED) is 0.884. The maximum atomic E-state index is 6.12. The molecule has 0 bridgehead atoms. The second-order valence-electron chi connectivity index (χ2n) is 6.34. The molecule has 1 fully saturated rings. The Labute approximate surface area is 111 Å². The van der Waals surface area contributed by atoms with Gasteiger partial charge in [-0.15, -0.1) is 0 Å². The van der Waals surface area contributed by atoms with Crippen molar-refractivity contribution < 1.29 is 4.74 Å². The molecule has 0 amide bonds. The topological polar surface area (TPSA) is 21.3 Å². The third kappa shape index (κ3) is 3.56. The van der Waals surface area contributed by atoms with E-state index in [9.17, 15) is 0 Å². The van der Waals surface area contributed by atoms with Crippen molar-refractivity contribution in [2.45, 2.75) is 45.8 Å². The fourth-order valence-corrected chi connectivity index (χ4v) is 2.50. The molecule has 1 atom stereocenters. The summed E-state index contributed by atoms with van der Waals surface area (Å²) < 4.78 is 6.12. The Kier molecular flexibility index (Phi) is 4.08. The van der Waals surface area contributed by atoms with Gasteiger partial charge in [0.2, 0.25) is 0 Å². The first-order chi connectivity index (χ1) is 8.46. The van der Waals surface area contributed by atoms with Crippen molar-refractivity contribution in [3.63, 3.8) is 0 Å². The molecule has 2 rings (SSSR count). The van der Waals surface area contributed by atoms with E-state index in [1.54, 1.807) is 0 Å². The zero-order chi connectivity index (χ0) is 13.2. The normalized spacial score (nSPS) is 23.3. The van der Waals surface area contributed by atoms with Gasteiger partial charge in [0, 0.05) is 13.1 Å². The molecule has 1 aliphatic rings. The average molecular weight is 247 g/mol. The zero-order valence-electron chi connectivity index (χ0n) is 12.0. The summed E-state index contributed by atoms with van der Waals surface area (Å²) >= 11 is 0. The minimum absolute atomic E-state index is 0.0699. The van der Waals surface area contributed by atoms with E-state index in [2.05, 4.69) is 57.3 Å². The van der Waals surface area contributed by atoms with Crippen molar-refractivity contribution in [2.75, 3.05) is 13.1 Å². The molecule has 1 saturated heterocycles. The molecule has 0 aromatic heterocycles. The SMILES string of the molecule is CC(C)Cc1ccc(C2CNCC(C)(C)O2)cc1. The third-order valence-electron chi connectivity index (χ3n) is 3.34. The molecule has 1 heterocycles. The van der Waals surface area contributed by atoms with Gasteiger partial charge in [-0.25, -0.2) is 0 Å². The van der Waals surface area contributed by atoms with Gasteiger partial charge in [0.15, 0.2) is 0 Å². The maximum absolute atomic E-state index is 6.12. The van der Waals surface area contributed by atoms with Crippen LogP contribution in [-0.2, 0) is 11.2 Å². The molecule has 0 radical (unpaired) electrons. The van der Waals surface area contributed by atoms with Crippen LogP contribution in [0.4, 0.5) is 0 Å². The van der Waals surface area contributed by atoms with E-state index in [4.69, 9.17) is 4.74 Å². The second kappa shape index (κ2) is 5.41. The number of benzene rings is 1. The lowest BCUT2D eigenvalue weighted by Gasteiger charge is -2.36. The molecule has 1 aliphatic heterocycles. The minimum Gasteiger partial charge on any atom is -0.365 e. The average Bonchev–Trinajstić information content (AvgIpc) is 2.28. The van der Waals surface area contributed by atoms with Gasteiger partial charge >= 0.3 is 0 Å². The number of ether oxygens (including phenoxy) is 1. The molecule has 0 spiro atoms. The minimum atomic E-state index is -0.0699. The summed E-state index contributed by atoms with van der Waals surface area (Å²) in [6.45, 7) is 10.6. The van der Waals surface area contributed by atoms with Crippen molar-refractivity contribution in [3.05, 3.63) is 35.4 Å². The van der Waals surface area contributed by atoms with Crippen LogP contribution in [0, 0.1) is 5.92 Å². The van der Waals surface area contributed by atoms with Crippen molar-refractivity contribution in [3.8, 4) is 0 Å². The summed E-state index contributed by atoms with van der Waals surface area (Å²) in [5, 5.41) is 3.45. The first kappa shape index (κ1) is 13.6. The van der Waals surface area contributed by atoms with Gasteiger partial charge in [-0.3, -0.25) is 0 Å². The Hall–Kier alpha value is -0.860. The molecule has 1 aromatic rings. The highest BCUT2D eigenvalue weighted by atomic mass is 16.5. The molecule has 0 saturated carbocycles. The molecule has 0 aliphatic carbocycles. The van der Waals surface area contributed by atoms with Crippen LogP contribution in [0.1, 0.15) is 44.9 Å². The number of rotatable bonds is 3. The van der Waals surface area contributed by atoms with E-state index in [0.717, 1.165) is 19.5 Å². The predicted molar refractivity (Wildman–Crippen MR) is 75.8 cm³/mol. The molecule has 1 unspecified atom stereocenters. The molecule has 2 heteroatoms. The first-order valence-electron chi connectivity index (χ1n) is 6.94. The van der Waals surface area contributed by atoms with Crippen LogP contribution < -0.4 is 5.32 Å². The lowest BCUT2D eigenvalue weighted by Crippen LogP contribution is -2.46. The van der Waals surface area contributed by atoms with Crippen LogP contribution >= 0.6 is 0 Å². The zero-order valence-corrected chi connectivity index (χ0v) is 12.0. The summed E-state index contributed by atoms with van der Waals surface area (Å²) in [5.41, 5.74) is 2.62. The Morgan fingerprint density at radius 2 is 1.94 bits per heavy atom. The van der Waals surface area contributed by atoms with Crippen LogP contribution in [0.2, 0.25) is 0 Å². The highest BCUT2D eigenvalue weighted by Gasteiger charge is 2.28. The Morgan fingerprint density at radius 3 is 2.50 bits per heavy atom. The molecular weight excluding hydrogens is 222 g/mol. The summed E-state index contributed by atoms with van der Waals surface area (Å²) in [6.07, 6.45) is 1.33. The highest BCUT2D eigenvalue weighted by molar-refractivity contribution is 5.25. The molecular formula is C16H25NO. The molecule has 100 valence electrons. The van der Waals surface area contributed by atoms with E-state index in [1.807, 2.05) is 0 Å². The first-order valence-corrected chi connectivity index (χ1v) is 6.94. The monoisotopic (exact) mass is 247 g/mol. The van der Waals surface area contributed by atoms with E-state index >= 15 is 0 Å². The Morgan fingerprint density at radius 1 is 1.28 bits per heavy atom. The predicted octanol–water partition coefficient (Wildman–Crippen LogP) is 3.32. The van der Waals surface area contributed by atoms with Crippen molar-refractivity contribution in [1.82, 2.24) is 5.32 Å². The van der Waals surface area contributed by atoms with Crippen molar-refractivity contribution in [1.29, 1.82) is 0 Å². The van der Waals surface area contributed by atoms with Gasteiger partial charge in [0.1, 0.15) is 0 Å². The lowest BCUT2D eigenvalue weighted by atomic mass is 9.98. The Bertz CT molecular complexity index is 381. The number of morpholine rings is 1. The van der Waals surface area contributed by atoms with Gasteiger partial charge in [-0.05, 0) is 37.3 Å². The van der Waals surface area contributed by atoms with Crippen LogP contribution in [0.5, 0.6) is 0 Å². The summed E-state index contributed by atoms with van der Waals surface area (Å²) in [7, 11) is 0. The fraction of sp³-hybridized carbons (Fsp3) is 0.625. The van der Waals surface area contributed by atoms with E-state index < -0.39 is 0 Å². The van der Waals surface area contributed by atoms with Gasteiger partial charge in [-0.1, -0.05) is 38.1 Å². The van der Waals surface area contributed by atoms with E-state index in [0.29, 0.717) is 5.92 Å². The standard InChI is InChI=1S/C16H25NO/c1-12(2)9-13-5-7-14(8-6-13)15-10-17-11-16(3,4)18-15/h5-8,12,15,17H,9-11H2,1-4H3. The fourth-order valence-electron chi connectivity index (χ4n) is 2.50. The van der Waals surface area contributed by atoms with E-state index in [-0.39, 0.29) is 11.7 Å². The Balaban J connectivity index is 2.05. The number of hydrogen-bond donors (Lipinski definition) is 1. The maximum Gasteiger partial charge on any atom is 0.0957 e. The number of nitrogens with one attached hydrogen (secondary N) is 1. The molecule has 2 nitrogen and oxygen atoms in total. The second-order valence-corrected chi connectivity index (χ2v) is 6.34. The van der Waals surface area contributed by atoms with Gasteiger partial charge in [0.25, 0.3) is 0 Å². The third-order valence-corrected chi connectivity index (χ3v) is 3.34. The summed E-state index contributed by atoms with van der Waals surface area (Å²) in [6, 6.07) is 8.90. The van der Waals surface area contributed by atoms with Crippen LogP contribution in [0.25, 0.3) is 0 Å². The van der Waals surface area contributed by atoms with Crippen molar-refractivity contribution in [2.24, 2.45) is 5.92 Å². The summed E-state index contributed by atoms with van der Waals surface area (Å²) in [5.74, 6) is 0.711. The molecule has 1 aromatic carbocycles. The smallest absolute Gasteiger partial charge is 0.0957 e. The van der Waals surface area contributed by atoms with Crippen LogP contribution in [0.15, 0.2) is 24.3 Å². The van der Waals surface area contributed by atoms with Crippen LogP contribution in [0.3, 0.4) is 0 Å². The lowest BCUT2D eigenvalue weighted by molar-refractivity contribution is -0.0958. The summed E-state index contributed by atoms with van der Waals surface area (Å²) in [4.78, 5) is 0. The van der Waals surface area contributed by atoms with Gasteiger partial charge < -0.3 is 10.1 Å². The van der Waals surface area contributed by atoms with Crippen LogP contribution in [-0.4, -0.2) is 18.7 Å². The van der Waals surface area contributed by atoms with E-state index in [1.165, 1.54) is 11.1 Å². The largest absolute Gasteiger partial charge is 0.365 e. The number of hydrogen-bond acceptors (Lipinski definition) is 2. The van der Waals surface area contributed by atoms with Gasteiger partial charge in [0.05, 0.1) is 11.7 Å². The molecule has 18 heavy (non-hydrogen) atoms. The van der Waals surface area contributed by atoms with Gasteiger partial charge in [-0.2, -0.15) is 0 Å². The highest BCUT2D eigenvalue weighted by Crippen LogP contribution is 2.27.